The van der Waals surface area contributed by atoms with Crippen molar-refractivity contribution in [3.8, 4) is 0 Å². The summed E-state index contributed by atoms with van der Waals surface area (Å²) in [6, 6.07) is 9.95. The summed E-state index contributed by atoms with van der Waals surface area (Å²) >= 11 is 0. The van der Waals surface area contributed by atoms with E-state index in [4.69, 9.17) is 15.6 Å². The van der Waals surface area contributed by atoms with E-state index in [9.17, 15) is 9.59 Å². The fourth-order valence-electron chi connectivity index (χ4n) is 1.78. The molecular weight excluding hydrogens is 272 g/mol. The molecule has 108 valence electrons. The number of pyridine rings is 1. The number of aromatic nitrogens is 1. The Morgan fingerprint density at radius 1 is 1.14 bits per heavy atom. The van der Waals surface area contributed by atoms with Gasteiger partial charge in [0.25, 0.3) is 0 Å². The second-order valence-corrected chi connectivity index (χ2v) is 4.39. The predicted octanol–water partition coefficient (Wildman–Crippen LogP) is 1.65. The number of nitrogens with zero attached hydrogens (tertiary/aromatic N) is 1. The number of esters is 1. The summed E-state index contributed by atoms with van der Waals surface area (Å²) in [6.45, 7) is -0.00561. The molecule has 0 fully saturated rings. The van der Waals surface area contributed by atoms with E-state index < -0.39 is 11.9 Å². The van der Waals surface area contributed by atoms with Crippen LogP contribution in [0.4, 0.5) is 5.69 Å². The fraction of sp³-hybridized carbons (Fsp3) is 0.133. The maximum Gasteiger partial charge on any atom is 0.357 e. The van der Waals surface area contributed by atoms with Crippen molar-refractivity contribution in [1.82, 2.24) is 4.98 Å². The van der Waals surface area contributed by atoms with E-state index in [1.54, 1.807) is 30.3 Å². The third-order valence-electron chi connectivity index (χ3n) is 2.81. The van der Waals surface area contributed by atoms with Crippen LogP contribution in [-0.2, 0) is 22.6 Å². The van der Waals surface area contributed by atoms with E-state index >= 15 is 0 Å². The average Bonchev–Trinajstić information content (AvgIpc) is 2.46. The third kappa shape index (κ3) is 4.04. The minimum Gasteiger partial charge on any atom is -0.481 e. The largest absolute Gasteiger partial charge is 0.481 e. The Hall–Kier alpha value is -2.89. The van der Waals surface area contributed by atoms with Crippen LogP contribution in [0.2, 0.25) is 0 Å². The van der Waals surface area contributed by atoms with E-state index in [0.717, 1.165) is 0 Å². The Kier molecular flexibility index (Phi) is 4.50. The van der Waals surface area contributed by atoms with Gasteiger partial charge in [-0.05, 0) is 23.3 Å². The Morgan fingerprint density at radius 3 is 2.48 bits per heavy atom. The number of nitrogen functional groups attached to an aromatic ring is 1. The van der Waals surface area contributed by atoms with Crippen LogP contribution in [0, 0.1) is 0 Å². The Bertz CT molecular complexity index is 653. The molecule has 1 aromatic carbocycles. The molecule has 1 aromatic heterocycles. The van der Waals surface area contributed by atoms with Gasteiger partial charge >= 0.3 is 11.9 Å². The molecule has 0 aliphatic carbocycles. The van der Waals surface area contributed by atoms with Gasteiger partial charge < -0.3 is 15.6 Å². The molecule has 0 amide bonds. The van der Waals surface area contributed by atoms with Crippen molar-refractivity contribution < 1.29 is 19.4 Å². The zero-order chi connectivity index (χ0) is 15.2. The van der Waals surface area contributed by atoms with Gasteiger partial charge in [-0.2, -0.15) is 0 Å². The summed E-state index contributed by atoms with van der Waals surface area (Å²) in [5.74, 6) is -1.52. The topological polar surface area (TPSA) is 103 Å². The number of hydrogen-bond donors (Lipinski definition) is 2. The van der Waals surface area contributed by atoms with Gasteiger partial charge in [0.1, 0.15) is 12.3 Å². The van der Waals surface area contributed by atoms with Crippen LogP contribution in [0.1, 0.15) is 21.6 Å². The fourth-order valence-corrected chi connectivity index (χ4v) is 1.78. The van der Waals surface area contributed by atoms with Gasteiger partial charge in [-0.15, -0.1) is 0 Å². The van der Waals surface area contributed by atoms with E-state index in [1.165, 1.54) is 12.3 Å². The molecule has 21 heavy (non-hydrogen) atoms. The van der Waals surface area contributed by atoms with Gasteiger partial charge in [0.05, 0.1) is 18.3 Å². The van der Waals surface area contributed by atoms with Crippen LogP contribution < -0.4 is 5.73 Å². The van der Waals surface area contributed by atoms with Crippen molar-refractivity contribution in [2.75, 3.05) is 5.73 Å². The molecule has 0 radical (unpaired) electrons. The minimum atomic E-state index is -0.936. The second kappa shape index (κ2) is 6.51. The number of benzene rings is 1. The summed E-state index contributed by atoms with van der Waals surface area (Å²) < 4.78 is 5.14. The number of hydrogen-bond acceptors (Lipinski definition) is 5. The molecule has 0 bridgehead atoms. The summed E-state index contributed by atoms with van der Waals surface area (Å²) in [4.78, 5) is 26.5. The van der Waals surface area contributed by atoms with Gasteiger partial charge in [-0.25, -0.2) is 9.78 Å². The summed E-state index contributed by atoms with van der Waals surface area (Å²) in [5, 5.41) is 8.84. The highest BCUT2D eigenvalue weighted by molar-refractivity contribution is 5.87. The molecule has 0 atom stereocenters. The molecule has 6 nitrogen and oxygen atoms in total. The molecule has 0 spiro atoms. The average molecular weight is 286 g/mol. The first-order valence-corrected chi connectivity index (χ1v) is 6.23. The van der Waals surface area contributed by atoms with Crippen LogP contribution >= 0.6 is 0 Å². The van der Waals surface area contributed by atoms with Crippen molar-refractivity contribution in [3.63, 3.8) is 0 Å². The lowest BCUT2D eigenvalue weighted by Crippen LogP contribution is -2.10. The molecule has 0 saturated heterocycles. The lowest BCUT2D eigenvalue weighted by atomic mass is 10.1. The van der Waals surface area contributed by atoms with E-state index in [-0.39, 0.29) is 18.7 Å². The van der Waals surface area contributed by atoms with Crippen molar-refractivity contribution >= 4 is 17.6 Å². The highest BCUT2D eigenvalue weighted by atomic mass is 16.5. The number of aliphatic carboxylic acids is 1. The summed E-state index contributed by atoms with van der Waals surface area (Å²) in [7, 11) is 0. The maximum atomic E-state index is 11.8. The number of rotatable bonds is 5. The molecule has 2 rings (SSSR count). The quantitative estimate of drug-likeness (QED) is 0.810. The highest BCUT2D eigenvalue weighted by Gasteiger charge is 2.11. The first-order valence-electron chi connectivity index (χ1n) is 6.23. The van der Waals surface area contributed by atoms with Gasteiger partial charge in [0.2, 0.25) is 0 Å². The summed E-state index contributed by atoms with van der Waals surface area (Å²) in [6.07, 6.45) is 1.25. The molecular formula is C15H14N2O4. The number of nitrogens with two attached hydrogens (primary N) is 1. The Balaban J connectivity index is 2.04. The number of carboxylic acids is 1. The first kappa shape index (κ1) is 14.5. The monoisotopic (exact) mass is 286 g/mol. The van der Waals surface area contributed by atoms with Gasteiger partial charge in [-0.1, -0.05) is 24.3 Å². The van der Waals surface area contributed by atoms with Crippen molar-refractivity contribution in [2.45, 2.75) is 13.0 Å². The van der Waals surface area contributed by atoms with Crippen molar-refractivity contribution in [1.29, 1.82) is 0 Å². The SMILES string of the molecule is Nc1ccc(C(=O)OCc2ccccc2CC(=O)O)nc1. The third-order valence-corrected chi connectivity index (χ3v) is 2.81. The standard InChI is InChI=1S/C15H14N2O4/c16-12-5-6-13(17-8-12)15(20)21-9-11-4-2-1-3-10(11)7-14(18)19/h1-6,8H,7,9,16H2,(H,18,19). The molecule has 3 N–H and O–H groups in total. The van der Waals surface area contributed by atoms with Crippen LogP contribution in [-0.4, -0.2) is 22.0 Å². The maximum absolute atomic E-state index is 11.8. The molecule has 0 aliphatic heterocycles. The van der Waals surface area contributed by atoms with Gasteiger partial charge in [0, 0.05) is 0 Å². The zero-order valence-corrected chi connectivity index (χ0v) is 11.2. The summed E-state index contributed by atoms with van der Waals surface area (Å²) in [5.41, 5.74) is 7.37. The van der Waals surface area contributed by atoms with Crippen LogP contribution in [0.25, 0.3) is 0 Å². The normalized spacial score (nSPS) is 10.1. The number of ether oxygens (including phenoxy) is 1. The smallest absolute Gasteiger partial charge is 0.357 e. The van der Waals surface area contributed by atoms with Gasteiger partial charge in [0.15, 0.2) is 0 Å². The number of carbonyl (C=O) groups is 2. The Morgan fingerprint density at radius 2 is 1.86 bits per heavy atom. The number of carbonyl (C=O) groups excluding carboxylic acids is 1. The van der Waals surface area contributed by atoms with Crippen molar-refractivity contribution in [3.05, 3.63) is 59.4 Å². The molecule has 1 heterocycles. The van der Waals surface area contributed by atoms with Crippen LogP contribution in [0.15, 0.2) is 42.6 Å². The van der Waals surface area contributed by atoms with Crippen LogP contribution in [0.5, 0.6) is 0 Å². The molecule has 2 aromatic rings. The highest BCUT2D eigenvalue weighted by Crippen LogP contribution is 2.12. The minimum absolute atomic E-state index is 0.00561. The van der Waals surface area contributed by atoms with E-state index in [2.05, 4.69) is 4.98 Å². The van der Waals surface area contributed by atoms with E-state index in [1.807, 2.05) is 0 Å². The van der Waals surface area contributed by atoms with Crippen molar-refractivity contribution in [2.24, 2.45) is 0 Å². The predicted molar refractivity (Wildman–Crippen MR) is 75.6 cm³/mol. The lowest BCUT2D eigenvalue weighted by molar-refractivity contribution is -0.136. The van der Waals surface area contributed by atoms with Crippen LogP contribution in [0.3, 0.4) is 0 Å². The molecule has 0 saturated carbocycles. The first-order chi connectivity index (χ1) is 10.1. The van der Waals surface area contributed by atoms with Gasteiger partial charge in [-0.3, -0.25) is 4.79 Å². The number of anilines is 1. The Labute approximate surface area is 121 Å². The second-order valence-electron chi connectivity index (χ2n) is 4.39. The lowest BCUT2D eigenvalue weighted by Gasteiger charge is -2.08. The zero-order valence-electron chi connectivity index (χ0n) is 11.2. The number of carboxylic acid groups (broad SMARTS) is 1. The molecule has 0 aliphatic rings. The molecule has 6 heteroatoms. The van der Waals surface area contributed by atoms with E-state index in [0.29, 0.717) is 16.8 Å². The molecule has 0 unspecified atom stereocenters.